The number of nitrogens with one attached hydrogen (secondary N) is 2. The van der Waals surface area contributed by atoms with Crippen LogP contribution in [0.1, 0.15) is 16.1 Å². The number of ether oxygens (including phenoxy) is 1. The first-order valence-corrected chi connectivity index (χ1v) is 6.14. The van der Waals surface area contributed by atoms with Crippen LogP contribution in [-0.4, -0.2) is 31.3 Å². The van der Waals surface area contributed by atoms with Crippen molar-refractivity contribution < 1.29 is 9.53 Å². The third-order valence-corrected chi connectivity index (χ3v) is 2.90. The van der Waals surface area contributed by atoms with Gasteiger partial charge in [0.1, 0.15) is 0 Å². The Bertz CT molecular complexity index is 339. The summed E-state index contributed by atoms with van der Waals surface area (Å²) in [6, 6.07) is 3.59. The fourth-order valence-electron chi connectivity index (χ4n) is 1.04. The van der Waals surface area contributed by atoms with E-state index in [9.17, 15) is 4.79 Å². The van der Waals surface area contributed by atoms with Crippen molar-refractivity contribution >= 4 is 34.6 Å². The molecule has 0 atom stereocenters. The van der Waals surface area contributed by atoms with Crippen LogP contribution < -0.4 is 10.6 Å². The van der Waals surface area contributed by atoms with Crippen LogP contribution in [0.25, 0.3) is 0 Å². The van der Waals surface area contributed by atoms with Gasteiger partial charge in [0.25, 0.3) is 5.91 Å². The predicted octanol–water partition coefficient (Wildman–Crippen LogP) is 1.39. The fourth-order valence-corrected chi connectivity index (χ4v) is 1.85. The Balaban J connectivity index is 2.21. The molecule has 1 heterocycles. The molecule has 1 amide bonds. The van der Waals surface area contributed by atoms with Gasteiger partial charge < -0.3 is 10.1 Å². The zero-order chi connectivity index (χ0) is 11.8. The monoisotopic (exact) mass is 258 g/mol. The molecule has 4 nitrogen and oxygen atoms in total. The second-order valence-electron chi connectivity index (χ2n) is 3.03. The zero-order valence-electron chi connectivity index (χ0n) is 8.99. The van der Waals surface area contributed by atoms with E-state index < -0.39 is 0 Å². The van der Waals surface area contributed by atoms with Crippen LogP contribution in [0.5, 0.6) is 0 Å². The number of carbonyl (C=O) groups is 1. The second-order valence-corrected chi connectivity index (χ2v) is 4.39. The summed E-state index contributed by atoms with van der Waals surface area (Å²) >= 11 is 6.36. The standard InChI is InChI=1S/C10H14N2O2S2/c1-14-6-3-5-11-10(15)12-9(13)8-4-2-7-16-8/h2,4,7H,3,5-6H2,1H3,(H2,11,12,13,15). The number of methoxy groups -OCH3 is 1. The molecule has 88 valence electrons. The van der Waals surface area contributed by atoms with Crippen molar-refractivity contribution in [3.05, 3.63) is 22.4 Å². The minimum absolute atomic E-state index is 0.167. The Kier molecular flexibility index (Phi) is 5.99. The summed E-state index contributed by atoms with van der Waals surface area (Å²) in [6.45, 7) is 1.37. The van der Waals surface area contributed by atoms with Crippen LogP contribution in [0.3, 0.4) is 0 Å². The average molecular weight is 258 g/mol. The van der Waals surface area contributed by atoms with Crippen LogP contribution >= 0.6 is 23.6 Å². The molecule has 0 aliphatic heterocycles. The van der Waals surface area contributed by atoms with Crippen LogP contribution in [0.2, 0.25) is 0 Å². The lowest BCUT2D eigenvalue weighted by molar-refractivity contribution is 0.0980. The van der Waals surface area contributed by atoms with Crippen molar-refractivity contribution in [2.45, 2.75) is 6.42 Å². The molecule has 0 unspecified atom stereocenters. The van der Waals surface area contributed by atoms with E-state index in [1.54, 1.807) is 13.2 Å². The highest BCUT2D eigenvalue weighted by Gasteiger charge is 2.07. The normalized spacial score (nSPS) is 9.81. The van der Waals surface area contributed by atoms with Gasteiger partial charge in [-0.15, -0.1) is 11.3 Å². The summed E-state index contributed by atoms with van der Waals surface area (Å²) in [5, 5.41) is 7.75. The molecule has 2 N–H and O–H groups in total. The Hall–Kier alpha value is -0.980. The Morgan fingerprint density at radius 2 is 2.44 bits per heavy atom. The van der Waals surface area contributed by atoms with E-state index in [0.29, 0.717) is 23.1 Å². The first-order valence-electron chi connectivity index (χ1n) is 4.85. The SMILES string of the molecule is COCCCNC(=S)NC(=O)c1cccs1. The molecule has 0 radical (unpaired) electrons. The lowest BCUT2D eigenvalue weighted by Gasteiger charge is -2.08. The first-order chi connectivity index (χ1) is 7.74. The van der Waals surface area contributed by atoms with Crippen molar-refractivity contribution in [2.24, 2.45) is 0 Å². The molecular formula is C10H14N2O2S2. The summed E-state index contributed by atoms with van der Waals surface area (Å²) < 4.78 is 4.89. The second kappa shape index (κ2) is 7.32. The molecule has 1 aromatic heterocycles. The molecule has 0 bridgehead atoms. The zero-order valence-corrected chi connectivity index (χ0v) is 10.6. The van der Waals surface area contributed by atoms with E-state index in [2.05, 4.69) is 10.6 Å². The number of thiophene rings is 1. The highest BCUT2D eigenvalue weighted by Crippen LogP contribution is 2.07. The lowest BCUT2D eigenvalue weighted by Crippen LogP contribution is -2.39. The Morgan fingerprint density at radius 1 is 1.62 bits per heavy atom. The fraction of sp³-hybridized carbons (Fsp3) is 0.400. The summed E-state index contributed by atoms with van der Waals surface area (Å²) in [5.74, 6) is -0.167. The number of thiocarbonyl (C=S) groups is 1. The van der Waals surface area contributed by atoms with Crippen LogP contribution in [-0.2, 0) is 4.74 Å². The summed E-state index contributed by atoms with van der Waals surface area (Å²) in [7, 11) is 1.65. The minimum atomic E-state index is -0.167. The summed E-state index contributed by atoms with van der Waals surface area (Å²) in [4.78, 5) is 12.2. The van der Waals surface area contributed by atoms with Gasteiger partial charge in [-0.2, -0.15) is 0 Å². The highest BCUT2D eigenvalue weighted by molar-refractivity contribution is 7.80. The van der Waals surface area contributed by atoms with Crippen LogP contribution in [0.15, 0.2) is 17.5 Å². The molecule has 1 rings (SSSR count). The maximum absolute atomic E-state index is 11.6. The van der Waals surface area contributed by atoms with Gasteiger partial charge in [-0.05, 0) is 30.1 Å². The third-order valence-electron chi connectivity index (χ3n) is 1.78. The van der Waals surface area contributed by atoms with Crippen LogP contribution in [0.4, 0.5) is 0 Å². The van der Waals surface area contributed by atoms with Crippen molar-refractivity contribution in [3.63, 3.8) is 0 Å². The molecule has 0 saturated heterocycles. The molecule has 0 aliphatic rings. The Morgan fingerprint density at radius 3 is 3.06 bits per heavy atom. The molecule has 0 aliphatic carbocycles. The molecule has 6 heteroatoms. The molecule has 0 saturated carbocycles. The van der Waals surface area contributed by atoms with Gasteiger partial charge in [-0.25, -0.2) is 0 Å². The largest absolute Gasteiger partial charge is 0.385 e. The van der Waals surface area contributed by atoms with E-state index in [-0.39, 0.29) is 5.91 Å². The van der Waals surface area contributed by atoms with Crippen molar-refractivity contribution in [1.82, 2.24) is 10.6 Å². The number of amides is 1. The summed E-state index contributed by atoms with van der Waals surface area (Å²) in [6.07, 6.45) is 0.853. The number of hydrogen-bond donors (Lipinski definition) is 2. The molecule has 16 heavy (non-hydrogen) atoms. The van der Waals surface area contributed by atoms with Crippen molar-refractivity contribution in [2.75, 3.05) is 20.3 Å². The van der Waals surface area contributed by atoms with Gasteiger partial charge in [0.2, 0.25) is 0 Å². The van der Waals surface area contributed by atoms with Crippen molar-refractivity contribution in [3.8, 4) is 0 Å². The topological polar surface area (TPSA) is 50.4 Å². The highest BCUT2D eigenvalue weighted by atomic mass is 32.1. The number of hydrogen-bond acceptors (Lipinski definition) is 4. The third kappa shape index (κ3) is 4.69. The van der Waals surface area contributed by atoms with E-state index in [0.717, 1.165) is 6.42 Å². The predicted molar refractivity (Wildman–Crippen MR) is 68.9 cm³/mol. The van der Waals surface area contributed by atoms with Gasteiger partial charge in [0, 0.05) is 20.3 Å². The van der Waals surface area contributed by atoms with Crippen LogP contribution in [0, 0.1) is 0 Å². The minimum Gasteiger partial charge on any atom is -0.385 e. The smallest absolute Gasteiger partial charge is 0.267 e. The quantitative estimate of drug-likeness (QED) is 0.619. The number of carbonyl (C=O) groups excluding carboxylic acids is 1. The maximum Gasteiger partial charge on any atom is 0.267 e. The van der Waals surface area contributed by atoms with E-state index in [1.807, 2.05) is 11.4 Å². The average Bonchev–Trinajstić information content (AvgIpc) is 2.77. The Labute approximate surface area is 104 Å². The van der Waals surface area contributed by atoms with Gasteiger partial charge >= 0.3 is 0 Å². The molecule has 0 aromatic carbocycles. The van der Waals surface area contributed by atoms with E-state index in [1.165, 1.54) is 11.3 Å². The maximum atomic E-state index is 11.6. The van der Waals surface area contributed by atoms with Gasteiger partial charge in [0.05, 0.1) is 4.88 Å². The summed E-state index contributed by atoms with van der Waals surface area (Å²) in [5.41, 5.74) is 0. The van der Waals surface area contributed by atoms with E-state index in [4.69, 9.17) is 17.0 Å². The van der Waals surface area contributed by atoms with Crippen molar-refractivity contribution in [1.29, 1.82) is 0 Å². The van der Waals surface area contributed by atoms with Gasteiger partial charge in [-0.3, -0.25) is 10.1 Å². The molecule has 0 spiro atoms. The lowest BCUT2D eigenvalue weighted by atomic mass is 10.4. The molecule has 1 aromatic rings. The van der Waals surface area contributed by atoms with Gasteiger partial charge in [-0.1, -0.05) is 6.07 Å². The van der Waals surface area contributed by atoms with E-state index >= 15 is 0 Å². The molecule has 0 fully saturated rings. The molecular weight excluding hydrogens is 244 g/mol. The number of rotatable bonds is 5. The first kappa shape index (κ1) is 13.1. The van der Waals surface area contributed by atoms with Gasteiger partial charge in [0.15, 0.2) is 5.11 Å².